The Bertz CT molecular complexity index is 527. The fraction of sp³-hybridized carbons (Fsp3) is 0.615. The van der Waals surface area contributed by atoms with Gasteiger partial charge in [-0.2, -0.15) is 5.10 Å². The summed E-state index contributed by atoms with van der Waals surface area (Å²) in [6.45, 7) is 5.64. The smallest absolute Gasteiger partial charge is 0.244 e. The van der Waals surface area contributed by atoms with E-state index in [0.29, 0.717) is 19.6 Å². The third-order valence-electron chi connectivity index (χ3n) is 3.92. The van der Waals surface area contributed by atoms with Gasteiger partial charge in [0.15, 0.2) is 0 Å². The minimum Gasteiger partial charge on any atom is -0.353 e. The largest absolute Gasteiger partial charge is 0.353 e. The molecule has 2 fully saturated rings. The summed E-state index contributed by atoms with van der Waals surface area (Å²) >= 11 is 0. The molecule has 1 aromatic heterocycles. The van der Waals surface area contributed by atoms with Crippen LogP contribution in [0.5, 0.6) is 0 Å². The first-order valence-corrected chi connectivity index (χ1v) is 6.93. The van der Waals surface area contributed by atoms with Gasteiger partial charge in [-0.25, -0.2) is 0 Å². The van der Waals surface area contributed by atoms with E-state index in [9.17, 15) is 9.59 Å². The molecule has 0 radical (unpaired) electrons. The third-order valence-corrected chi connectivity index (χ3v) is 3.92. The van der Waals surface area contributed by atoms with Crippen molar-refractivity contribution in [3.63, 3.8) is 0 Å². The van der Waals surface area contributed by atoms with Crippen LogP contribution in [0.15, 0.2) is 12.3 Å². The fourth-order valence-electron chi connectivity index (χ4n) is 2.79. The maximum absolute atomic E-state index is 12.3. The van der Waals surface area contributed by atoms with Gasteiger partial charge in [0.25, 0.3) is 0 Å². The molecule has 2 aliphatic rings. The lowest BCUT2D eigenvalue weighted by Crippen LogP contribution is -2.64. The maximum Gasteiger partial charge on any atom is 0.244 e. The van der Waals surface area contributed by atoms with E-state index < -0.39 is 0 Å². The molecule has 1 N–H and O–H groups in total. The Morgan fingerprint density at radius 3 is 3.05 bits per heavy atom. The van der Waals surface area contributed by atoms with Crippen LogP contribution in [-0.4, -0.2) is 70.2 Å². The van der Waals surface area contributed by atoms with E-state index in [1.807, 2.05) is 13.0 Å². The number of hydrogen-bond donors (Lipinski definition) is 1. The number of carbonyl (C=O) groups is 2. The van der Waals surface area contributed by atoms with Crippen LogP contribution in [0, 0.1) is 6.92 Å². The molecule has 20 heavy (non-hydrogen) atoms. The summed E-state index contributed by atoms with van der Waals surface area (Å²) in [4.78, 5) is 28.0. The zero-order chi connectivity index (χ0) is 14.1. The Morgan fingerprint density at radius 2 is 2.30 bits per heavy atom. The van der Waals surface area contributed by atoms with Gasteiger partial charge in [-0.1, -0.05) is 0 Å². The molecule has 1 atom stereocenters. The Balaban J connectivity index is 1.63. The summed E-state index contributed by atoms with van der Waals surface area (Å²) < 4.78 is 1.64. The second-order valence-electron chi connectivity index (χ2n) is 5.34. The highest BCUT2D eigenvalue weighted by molar-refractivity contribution is 5.84. The number of carbonyl (C=O) groups excluding carboxylic acids is 2. The van der Waals surface area contributed by atoms with Crippen molar-refractivity contribution >= 4 is 11.8 Å². The number of aryl methyl sites for hydroxylation is 1. The molecule has 108 valence electrons. The van der Waals surface area contributed by atoms with Crippen molar-refractivity contribution in [3.8, 4) is 0 Å². The highest BCUT2D eigenvalue weighted by Crippen LogP contribution is 2.13. The number of nitrogens with one attached hydrogen (secondary N) is 1. The minimum atomic E-state index is -0.194. The molecule has 0 bridgehead atoms. The molecule has 2 aliphatic heterocycles. The van der Waals surface area contributed by atoms with Crippen LogP contribution < -0.4 is 5.32 Å². The SMILES string of the molecule is Cc1ccn(CC(=O)N2CCN3CCNC(=O)C3C2)n1. The number of piperazine rings is 2. The van der Waals surface area contributed by atoms with Crippen molar-refractivity contribution < 1.29 is 9.59 Å². The van der Waals surface area contributed by atoms with Gasteiger partial charge >= 0.3 is 0 Å². The second kappa shape index (κ2) is 5.24. The molecule has 2 amide bonds. The quantitative estimate of drug-likeness (QED) is 0.740. The lowest BCUT2D eigenvalue weighted by molar-refractivity contribution is -0.140. The van der Waals surface area contributed by atoms with E-state index in [1.165, 1.54) is 0 Å². The summed E-state index contributed by atoms with van der Waals surface area (Å²) in [6, 6.07) is 1.68. The van der Waals surface area contributed by atoms with Gasteiger partial charge in [0.1, 0.15) is 12.6 Å². The Hall–Kier alpha value is -1.89. The van der Waals surface area contributed by atoms with Crippen molar-refractivity contribution in [1.82, 2.24) is 24.9 Å². The summed E-state index contributed by atoms with van der Waals surface area (Å²) in [5.41, 5.74) is 0.897. The number of fused-ring (bicyclic) bond motifs is 1. The van der Waals surface area contributed by atoms with Crippen molar-refractivity contribution in [1.29, 1.82) is 0 Å². The molecule has 3 heterocycles. The molecule has 1 aromatic rings. The summed E-state index contributed by atoms with van der Waals surface area (Å²) in [5, 5.41) is 7.08. The second-order valence-corrected chi connectivity index (χ2v) is 5.34. The third kappa shape index (κ3) is 2.53. The topological polar surface area (TPSA) is 70.5 Å². The average molecular weight is 277 g/mol. The Morgan fingerprint density at radius 1 is 1.45 bits per heavy atom. The van der Waals surface area contributed by atoms with Crippen LogP contribution in [0.1, 0.15) is 5.69 Å². The van der Waals surface area contributed by atoms with E-state index in [4.69, 9.17) is 0 Å². The Kier molecular flexibility index (Phi) is 3.43. The highest BCUT2D eigenvalue weighted by Gasteiger charge is 2.36. The first-order chi connectivity index (χ1) is 9.63. The van der Waals surface area contributed by atoms with Crippen LogP contribution in [0.4, 0.5) is 0 Å². The maximum atomic E-state index is 12.3. The van der Waals surface area contributed by atoms with Gasteiger partial charge < -0.3 is 10.2 Å². The summed E-state index contributed by atoms with van der Waals surface area (Å²) in [5.74, 6) is 0.0507. The number of hydrogen-bond acceptors (Lipinski definition) is 4. The molecular formula is C13H19N5O2. The first kappa shape index (κ1) is 13.1. The molecule has 0 aliphatic carbocycles. The van der Waals surface area contributed by atoms with Gasteiger partial charge in [-0.05, 0) is 13.0 Å². The van der Waals surface area contributed by atoms with Crippen LogP contribution in [0.3, 0.4) is 0 Å². The van der Waals surface area contributed by atoms with Crippen molar-refractivity contribution in [2.45, 2.75) is 19.5 Å². The van der Waals surface area contributed by atoms with Crippen LogP contribution in [-0.2, 0) is 16.1 Å². The lowest BCUT2D eigenvalue weighted by Gasteiger charge is -2.43. The van der Waals surface area contributed by atoms with Crippen LogP contribution >= 0.6 is 0 Å². The molecular weight excluding hydrogens is 258 g/mol. The zero-order valence-electron chi connectivity index (χ0n) is 11.6. The number of amides is 2. The van der Waals surface area contributed by atoms with E-state index in [2.05, 4.69) is 15.3 Å². The molecule has 0 saturated carbocycles. The van der Waals surface area contributed by atoms with Gasteiger partial charge in [-0.15, -0.1) is 0 Å². The van der Waals surface area contributed by atoms with Gasteiger partial charge in [0, 0.05) is 38.9 Å². The number of aromatic nitrogens is 2. The zero-order valence-corrected chi connectivity index (χ0v) is 11.6. The standard InChI is InChI=1S/C13H19N5O2/c1-10-2-4-18(15-10)9-12(19)17-7-6-16-5-3-14-13(20)11(16)8-17/h2,4,11H,3,5-9H2,1H3,(H,14,20). The monoisotopic (exact) mass is 277 g/mol. The van der Waals surface area contributed by atoms with Gasteiger partial charge in [0.2, 0.25) is 11.8 Å². The van der Waals surface area contributed by atoms with Crippen LogP contribution in [0.25, 0.3) is 0 Å². The molecule has 1 unspecified atom stereocenters. The number of nitrogens with zero attached hydrogens (tertiary/aromatic N) is 4. The lowest BCUT2D eigenvalue weighted by atomic mass is 10.1. The van der Waals surface area contributed by atoms with Gasteiger partial charge in [0.05, 0.1) is 5.69 Å². The summed E-state index contributed by atoms with van der Waals surface area (Å²) in [7, 11) is 0. The molecule has 0 spiro atoms. The predicted molar refractivity (Wildman–Crippen MR) is 71.9 cm³/mol. The minimum absolute atomic E-state index is 0.0196. The summed E-state index contributed by atoms with van der Waals surface area (Å²) in [6.07, 6.45) is 1.80. The average Bonchev–Trinajstić information content (AvgIpc) is 2.84. The number of rotatable bonds is 2. The van der Waals surface area contributed by atoms with Gasteiger partial charge in [-0.3, -0.25) is 19.2 Å². The first-order valence-electron chi connectivity index (χ1n) is 6.93. The van der Waals surface area contributed by atoms with Crippen molar-refractivity contribution in [2.75, 3.05) is 32.7 Å². The van der Waals surface area contributed by atoms with E-state index in [1.54, 1.807) is 15.8 Å². The molecule has 2 saturated heterocycles. The normalized spacial score (nSPS) is 23.4. The van der Waals surface area contributed by atoms with E-state index in [0.717, 1.165) is 18.8 Å². The van der Waals surface area contributed by atoms with Crippen LogP contribution in [0.2, 0.25) is 0 Å². The predicted octanol–water partition coefficient (Wildman–Crippen LogP) is -1.17. The van der Waals surface area contributed by atoms with Crippen molar-refractivity contribution in [2.24, 2.45) is 0 Å². The fourth-order valence-corrected chi connectivity index (χ4v) is 2.79. The molecule has 3 rings (SSSR count). The van der Waals surface area contributed by atoms with E-state index in [-0.39, 0.29) is 24.4 Å². The molecule has 0 aromatic carbocycles. The Labute approximate surface area is 117 Å². The van der Waals surface area contributed by atoms with E-state index >= 15 is 0 Å². The highest BCUT2D eigenvalue weighted by atomic mass is 16.2. The molecule has 7 nitrogen and oxygen atoms in total. The van der Waals surface area contributed by atoms with Crippen molar-refractivity contribution in [3.05, 3.63) is 18.0 Å². The molecule has 7 heteroatoms.